The summed E-state index contributed by atoms with van der Waals surface area (Å²) in [4.78, 5) is 10.5. The zero-order valence-corrected chi connectivity index (χ0v) is 14.6. The fraction of sp³-hybridized carbons (Fsp3) is 0.375. The van der Waals surface area contributed by atoms with Gasteiger partial charge >= 0.3 is 6.36 Å². The van der Waals surface area contributed by atoms with Crippen LogP contribution in [0.2, 0.25) is 0 Å². The summed E-state index contributed by atoms with van der Waals surface area (Å²) < 4.78 is 40.5. The molecule has 0 amide bonds. The summed E-state index contributed by atoms with van der Waals surface area (Å²) in [6.07, 6.45) is -3.37. The Kier molecular flexibility index (Phi) is 5.51. The van der Waals surface area contributed by atoms with Crippen molar-refractivity contribution in [1.82, 2.24) is 19.9 Å². The Balaban J connectivity index is 1.67. The molecule has 11 heteroatoms. The van der Waals surface area contributed by atoms with Crippen molar-refractivity contribution in [2.24, 2.45) is 0 Å². The highest BCUT2D eigenvalue weighted by Crippen LogP contribution is 2.28. The topological polar surface area (TPSA) is 91.6 Å². The molecule has 0 atom stereocenters. The van der Waals surface area contributed by atoms with E-state index in [1.165, 1.54) is 30.6 Å². The number of aromatic nitrogens is 2. The van der Waals surface area contributed by atoms with Gasteiger partial charge in [-0.05, 0) is 31.3 Å². The van der Waals surface area contributed by atoms with E-state index in [1.54, 1.807) is 0 Å². The van der Waals surface area contributed by atoms with E-state index in [2.05, 4.69) is 37.4 Å². The Morgan fingerprint density at radius 3 is 2.30 bits per heavy atom. The highest BCUT2D eigenvalue weighted by molar-refractivity contribution is 5.77. The first-order chi connectivity index (χ1) is 12.8. The molecule has 146 valence electrons. The number of halogens is 3. The molecule has 0 radical (unpaired) electrons. The molecule has 2 heterocycles. The van der Waals surface area contributed by atoms with Crippen molar-refractivity contribution < 1.29 is 17.9 Å². The average Bonchev–Trinajstić information content (AvgIpc) is 2.61. The highest BCUT2D eigenvalue weighted by Gasteiger charge is 2.31. The molecule has 0 aliphatic carbocycles. The van der Waals surface area contributed by atoms with E-state index in [-0.39, 0.29) is 5.75 Å². The Morgan fingerprint density at radius 2 is 1.67 bits per heavy atom. The third kappa shape index (κ3) is 5.34. The monoisotopic (exact) mass is 383 g/mol. The lowest BCUT2D eigenvalue weighted by Crippen LogP contribution is -2.47. The van der Waals surface area contributed by atoms with Gasteiger partial charge in [-0.25, -0.2) is 15.0 Å². The van der Waals surface area contributed by atoms with E-state index in [0.717, 1.165) is 26.2 Å². The molecule has 1 fully saturated rings. The van der Waals surface area contributed by atoms with E-state index < -0.39 is 6.36 Å². The zero-order chi connectivity index (χ0) is 19.4. The number of anilines is 4. The van der Waals surface area contributed by atoms with Gasteiger partial charge in [0.05, 0.1) is 0 Å². The molecule has 0 bridgehead atoms. The average molecular weight is 383 g/mol. The second kappa shape index (κ2) is 7.84. The number of nitrogen functional groups attached to an aromatic ring is 1. The van der Waals surface area contributed by atoms with Crippen molar-refractivity contribution >= 4 is 23.0 Å². The normalized spacial score (nSPS) is 16.1. The van der Waals surface area contributed by atoms with Gasteiger partial charge in [0.15, 0.2) is 11.6 Å². The summed E-state index contributed by atoms with van der Waals surface area (Å²) >= 11 is 0. The van der Waals surface area contributed by atoms with Gasteiger partial charge in [0.25, 0.3) is 0 Å². The maximum Gasteiger partial charge on any atom is 0.573 e. The number of hydrogen-bond acceptors (Lipinski definition) is 8. The summed E-state index contributed by atoms with van der Waals surface area (Å²) in [7, 11) is 2.06. The second-order valence-corrected chi connectivity index (χ2v) is 6.08. The predicted molar refractivity (Wildman–Crippen MR) is 95.5 cm³/mol. The zero-order valence-electron chi connectivity index (χ0n) is 14.6. The van der Waals surface area contributed by atoms with Gasteiger partial charge in [-0.1, -0.05) is 0 Å². The number of nitrogens with two attached hydrogens (primary N) is 1. The molecule has 3 rings (SSSR count). The number of likely N-dealkylation sites (N-methyl/N-ethyl adjacent to an activating group) is 1. The van der Waals surface area contributed by atoms with E-state index in [1.807, 2.05) is 5.01 Å². The van der Waals surface area contributed by atoms with Crippen molar-refractivity contribution in [3.63, 3.8) is 0 Å². The fourth-order valence-corrected chi connectivity index (χ4v) is 2.53. The number of nitrogens with zero attached hydrogens (tertiary/aromatic N) is 4. The lowest BCUT2D eigenvalue weighted by Gasteiger charge is -2.32. The number of benzene rings is 1. The minimum absolute atomic E-state index is 0.305. The molecule has 27 heavy (non-hydrogen) atoms. The molecule has 0 spiro atoms. The van der Waals surface area contributed by atoms with Gasteiger partial charge in [-0.15, -0.1) is 13.2 Å². The summed E-state index contributed by atoms with van der Waals surface area (Å²) in [5, 5.41) is 4.99. The molecule has 1 aliphatic heterocycles. The Hall–Kier alpha value is -2.79. The van der Waals surface area contributed by atoms with Crippen LogP contribution in [0.25, 0.3) is 0 Å². The second-order valence-electron chi connectivity index (χ2n) is 6.08. The number of alkyl halides is 3. The summed E-state index contributed by atoms with van der Waals surface area (Å²) in [6, 6.07) is 5.29. The summed E-state index contributed by atoms with van der Waals surface area (Å²) in [5.74, 6) is 0.515. The van der Waals surface area contributed by atoms with E-state index in [9.17, 15) is 13.2 Å². The molecular formula is C16H20F3N7O. The van der Waals surface area contributed by atoms with Gasteiger partial charge in [-0.2, -0.15) is 0 Å². The van der Waals surface area contributed by atoms with Gasteiger partial charge in [-0.3, -0.25) is 0 Å². The number of rotatable bonds is 5. The van der Waals surface area contributed by atoms with Crippen LogP contribution in [0.3, 0.4) is 0 Å². The molecule has 0 unspecified atom stereocenters. The van der Waals surface area contributed by atoms with Crippen molar-refractivity contribution in [3.05, 3.63) is 30.6 Å². The number of piperazine rings is 1. The van der Waals surface area contributed by atoms with Gasteiger partial charge < -0.3 is 26.1 Å². The smallest absolute Gasteiger partial charge is 0.406 e. The van der Waals surface area contributed by atoms with Crippen molar-refractivity contribution in [2.45, 2.75) is 6.36 Å². The third-order valence-electron chi connectivity index (χ3n) is 4.00. The third-order valence-corrected chi connectivity index (χ3v) is 4.00. The molecule has 1 aromatic carbocycles. The minimum atomic E-state index is -4.73. The lowest BCUT2D eigenvalue weighted by molar-refractivity contribution is -0.274. The van der Waals surface area contributed by atoms with Crippen LogP contribution in [0.15, 0.2) is 30.6 Å². The van der Waals surface area contributed by atoms with Crippen molar-refractivity contribution in [2.75, 3.05) is 49.7 Å². The first kappa shape index (κ1) is 19.0. The van der Waals surface area contributed by atoms with E-state index >= 15 is 0 Å². The van der Waals surface area contributed by atoms with Crippen molar-refractivity contribution in [1.29, 1.82) is 0 Å². The van der Waals surface area contributed by atoms with E-state index in [0.29, 0.717) is 23.0 Å². The molecule has 0 saturated carbocycles. The van der Waals surface area contributed by atoms with Crippen LogP contribution in [-0.2, 0) is 0 Å². The molecule has 4 N–H and O–H groups in total. The molecule has 1 aliphatic rings. The Morgan fingerprint density at radius 1 is 1.04 bits per heavy atom. The Bertz CT molecular complexity index is 762. The number of hydrogen-bond donors (Lipinski definition) is 3. The SMILES string of the molecule is CN1CCN(Nc2ncnc(Nc3ccc(OC(F)(F)F)cc3)c2N)CC1. The lowest BCUT2D eigenvalue weighted by atomic mass is 10.3. The maximum absolute atomic E-state index is 12.2. The number of ether oxygens (including phenoxy) is 1. The fourth-order valence-electron chi connectivity index (χ4n) is 2.53. The first-order valence-electron chi connectivity index (χ1n) is 8.23. The number of nitrogens with one attached hydrogen (secondary N) is 2. The quantitative estimate of drug-likeness (QED) is 0.724. The Labute approximate surface area is 154 Å². The largest absolute Gasteiger partial charge is 0.573 e. The van der Waals surface area contributed by atoms with Crippen LogP contribution >= 0.6 is 0 Å². The standard InChI is InChI=1S/C16H20F3N7O/c1-25-6-8-26(9-7-25)24-15-13(20)14(21-10-22-15)23-11-2-4-12(5-3-11)27-16(17,18)19/h2-5,10H,6-9,20H2,1H3,(H2,21,22,23,24). The van der Waals surface area contributed by atoms with Gasteiger partial charge in [0.2, 0.25) is 0 Å². The molecular weight excluding hydrogens is 363 g/mol. The minimum Gasteiger partial charge on any atom is -0.406 e. The molecule has 2 aromatic rings. The summed E-state index contributed by atoms with van der Waals surface area (Å²) in [6.45, 7) is 3.50. The van der Waals surface area contributed by atoms with Crippen LogP contribution in [0, 0.1) is 0 Å². The predicted octanol–water partition coefficient (Wildman–Crippen LogP) is 2.28. The van der Waals surface area contributed by atoms with Crippen LogP contribution < -0.4 is 21.2 Å². The molecule has 8 nitrogen and oxygen atoms in total. The van der Waals surface area contributed by atoms with Crippen LogP contribution in [0.1, 0.15) is 0 Å². The van der Waals surface area contributed by atoms with Crippen LogP contribution in [0.4, 0.5) is 36.2 Å². The summed E-state index contributed by atoms with van der Waals surface area (Å²) in [5.41, 5.74) is 10.1. The molecule has 1 aromatic heterocycles. The maximum atomic E-state index is 12.2. The number of hydrazine groups is 1. The first-order valence-corrected chi connectivity index (χ1v) is 8.23. The van der Waals surface area contributed by atoms with Crippen LogP contribution in [0.5, 0.6) is 5.75 Å². The van der Waals surface area contributed by atoms with Gasteiger partial charge in [0.1, 0.15) is 17.8 Å². The van der Waals surface area contributed by atoms with Crippen LogP contribution in [-0.4, -0.2) is 59.5 Å². The highest BCUT2D eigenvalue weighted by atomic mass is 19.4. The van der Waals surface area contributed by atoms with E-state index in [4.69, 9.17) is 5.73 Å². The molecule has 1 saturated heterocycles. The van der Waals surface area contributed by atoms with Gasteiger partial charge in [0, 0.05) is 31.9 Å². The van der Waals surface area contributed by atoms with Crippen molar-refractivity contribution in [3.8, 4) is 5.75 Å².